The fraction of sp³-hybridized carbons (Fsp3) is 0.263. The Hall–Kier alpha value is -3.92. The van der Waals surface area contributed by atoms with Gasteiger partial charge < -0.3 is 15.5 Å². The van der Waals surface area contributed by atoms with Gasteiger partial charge in [0.2, 0.25) is 0 Å². The van der Waals surface area contributed by atoms with Crippen molar-refractivity contribution in [1.82, 2.24) is 19.8 Å². The van der Waals surface area contributed by atoms with Crippen LogP contribution in [0.3, 0.4) is 0 Å². The van der Waals surface area contributed by atoms with E-state index in [0.29, 0.717) is 13.1 Å². The molecule has 0 saturated heterocycles. The Morgan fingerprint density at radius 2 is 1.20 bits per heavy atom. The molecule has 8 heteroatoms. The topological polar surface area (TPSA) is 84.8 Å². The summed E-state index contributed by atoms with van der Waals surface area (Å²) >= 11 is 3.32. The first-order chi connectivity index (χ1) is 22.2. The van der Waals surface area contributed by atoms with Crippen molar-refractivity contribution in [1.29, 1.82) is 0 Å². The zero-order valence-electron chi connectivity index (χ0n) is 27.0. The van der Waals surface area contributed by atoms with Crippen LogP contribution in [0.4, 0.5) is 11.5 Å². The lowest BCUT2D eigenvalue weighted by Gasteiger charge is -2.21. The molecule has 7 nitrogen and oxygen atoms in total. The minimum atomic E-state index is -0.491. The summed E-state index contributed by atoms with van der Waals surface area (Å²) in [5.74, 6) is 0.833. The number of benzene rings is 3. The molecule has 5 rings (SSSR count). The number of aromatic nitrogens is 2. The van der Waals surface area contributed by atoms with Crippen LogP contribution in [0.25, 0.3) is 0 Å². The molecule has 0 saturated carbocycles. The van der Waals surface area contributed by atoms with Gasteiger partial charge in [0.1, 0.15) is 10.4 Å². The third-order valence-electron chi connectivity index (χ3n) is 7.51. The van der Waals surface area contributed by atoms with Gasteiger partial charge in [0, 0.05) is 44.3 Å². The standard InChI is InChI=1S/C23H27N3O.C15H17BrN2O/c1-17-9-10-18(2)21(13-17)25-23-12-11-19(14-24-23)15-26(3)16-22(27)20-7-5-4-6-8-20;1-18(10-12-7-8-15(16)17-9-12)11-14(19)13-5-3-2-4-6-13/h4-14,22,27H,15-16H2,1-3H3,(H,24,25);2-9,14,19H,10-11H2,1H3. The summed E-state index contributed by atoms with van der Waals surface area (Å²) in [5, 5.41) is 23.9. The molecule has 0 aliphatic heterocycles. The van der Waals surface area contributed by atoms with Gasteiger partial charge in [-0.3, -0.25) is 9.80 Å². The van der Waals surface area contributed by atoms with Crippen LogP contribution in [0.15, 0.2) is 120 Å². The van der Waals surface area contributed by atoms with E-state index in [1.807, 2.05) is 105 Å². The fourth-order valence-corrected chi connectivity index (χ4v) is 5.24. The molecular formula is C38H44BrN5O2. The predicted octanol–water partition coefficient (Wildman–Crippen LogP) is 7.62. The second-order valence-electron chi connectivity index (χ2n) is 11.7. The summed E-state index contributed by atoms with van der Waals surface area (Å²) in [4.78, 5) is 12.9. The molecule has 0 radical (unpaired) electrons. The number of aliphatic hydroxyl groups excluding tert-OH is 2. The number of anilines is 2. The molecule has 0 aliphatic carbocycles. The largest absolute Gasteiger partial charge is 0.387 e. The van der Waals surface area contributed by atoms with Gasteiger partial charge in [-0.05, 0) is 95.5 Å². The highest BCUT2D eigenvalue weighted by molar-refractivity contribution is 9.10. The number of halogens is 1. The number of nitrogens with zero attached hydrogens (tertiary/aromatic N) is 4. The number of nitrogens with one attached hydrogen (secondary N) is 1. The van der Waals surface area contributed by atoms with E-state index in [2.05, 4.69) is 79.1 Å². The second-order valence-corrected chi connectivity index (χ2v) is 12.5. The SMILES string of the molecule is CN(Cc1ccc(Br)nc1)CC(O)c1ccccc1.Cc1ccc(C)c(Nc2ccc(CN(C)CC(O)c3ccccc3)cn2)c1. The molecule has 2 aromatic heterocycles. The third kappa shape index (κ3) is 11.5. The van der Waals surface area contributed by atoms with Crippen LogP contribution in [0.1, 0.15) is 45.6 Å². The van der Waals surface area contributed by atoms with Gasteiger partial charge in [-0.25, -0.2) is 9.97 Å². The van der Waals surface area contributed by atoms with Crippen LogP contribution < -0.4 is 5.32 Å². The Labute approximate surface area is 281 Å². The highest BCUT2D eigenvalue weighted by Crippen LogP contribution is 2.21. The first-order valence-electron chi connectivity index (χ1n) is 15.4. The lowest BCUT2D eigenvalue weighted by Crippen LogP contribution is -2.24. The summed E-state index contributed by atoms with van der Waals surface area (Å²) in [5.41, 5.74) is 7.63. The lowest BCUT2D eigenvalue weighted by atomic mass is 10.1. The molecule has 0 amide bonds. The molecule has 0 spiro atoms. The van der Waals surface area contributed by atoms with E-state index >= 15 is 0 Å². The van der Waals surface area contributed by atoms with E-state index in [-0.39, 0.29) is 0 Å². The number of hydrogen-bond donors (Lipinski definition) is 3. The highest BCUT2D eigenvalue weighted by atomic mass is 79.9. The van der Waals surface area contributed by atoms with E-state index < -0.39 is 12.2 Å². The van der Waals surface area contributed by atoms with Crippen LogP contribution in [0, 0.1) is 13.8 Å². The molecule has 0 fully saturated rings. The summed E-state index contributed by atoms with van der Waals surface area (Å²) in [6.07, 6.45) is 2.78. The van der Waals surface area contributed by atoms with E-state index in [1.54, 1.807) is 0 Å². The number of likely N-dealkylation sites (N-methyl/N-ethyl adjacent to an activating group) is 2. The van der Waals surface area contributed by atoms with Crippen LogP contribution in [-0.4, -0.2) is 57.2 Å². The van der Waals surface area contributed by atoms with Gasteiger partial charge >= 0.3 is 0 Å². The molecule has 2 unspecified atom stereocenters. The third-order valence-corrected chi connectivity index (χ3v) is 7.98. The fourth-order valence-electron chi connectivity index (χ4n) is 5.00. The van der Waals surface area contributed by atoms with Crippen LogP contribution in [-0.2, 0) is 13.1 Å². The Morgan fingerprint density at radius 3 is 1.67 bits per heavy atom. The Morgan fingerprint density at radius 1 is 0.674 bits per heavy atom. The molecule has 3 aromatic carbocycles. The Bertz CT molecular complexity index is 1600. The first kappa shape index (κ1) is 34.9. The molecule has 2 heterocycles. The van der Waals surface area contributed by atoms with Gasteiger partial charge in [-0.1, -0.05) is 84.9 Å². The zero-order chi connectivity index (χ0) is 32.9. The van der Waals surface area contributed by atoms with E-state index in [0.717, 1.165) is 51.5 Å². The average Bonchev–Trinajstić information content (AvgIpc) is 3.06. The van der Waals surface area contributed by atoms with Gasteiger partial charge in [0.25, 0.3) is 0 Å². The summed E-state index contributed by atoms with van der Waals surface area (Å²) < 4.78 is 0.836. The van der Waals surface area contributed by atoms with Crippen molar-refractivity contribution in [3.8, 4) is 0 Å². The minimum absolute atomic E-state index is 0.463. The van der Waals surface area contributed by atoms with Crippen LogP contribution in [0.2, 0.25) is 0 Å². The summed E-state index contributed by atoms with van der Waals surface area (Å²) in [7, 11) is 4.00. The number of rotatable bonds is 12. The van der Waals surface area contributed by atoms with E-state index in [4.69, 9.17) is 0 Å². The first-order valence-corrected chi connectivity index (χ1v) is 16.2. The van der Waals surface area contributed by atoms with Crippen molar-refractivity contribution < 1.29 is 10.2 Å². The van der Waals surface area contributed by atoms with E-state index in [9.17, 15) is 10.2 Å². The maximum Gasteiger partial charge on any atom is 0.130 e. The summed E-state index contributed by atoms with van der Waals surface area (Å²) in [6.45, 7) is 6.85. The lowest BCUT2D eigenvalue weighted by molar-refractivity contribution is 0.123. The zero-order valence-corrected chi connectivity index (χ0v) is 28.6. The second kappa shape index (κ2) is 17.7. The van der Waals surface area contributed by atoms with E-state index in [1.165, 1.54) is 11.1 Å². The van der Waals surface area contributed by atoms with Crippen molar-refractivity contribution in [3.63, 3.8) is 0 Å². The number of aliphatic hydroxyl groups is 2. The van der Waals surface area contributed by atoms with Gasteiger partial charge in [0.15, 0.2) is 0 Å². The number of hydrogen-bond acceptors (Lipinski definition) is 7. The Balaban J connectivity index is 0.000000222. The molecule has 2 atom stereocenters. The molecule has 0 aliphatic rings. The van der Waals surface area contributed by atoms with Crippen LogP contribution in [0.5, 0.6) is 0 Å². The maximum atomic E-state index is 10.4. The van der Waals surface area contributed by atoms with Gasteiger partial charge in [-0.15, -0.1) is 0 Å². The predicted molar refractivity (Wildman–Crippen MR) is 191 cm³/mol. The molecule has 5 aromatic rings. The number of aryl methyl sites for hydroxylation is 2. The quantitative estimate of drug-likeness (QED) is 0.117. The van der Waals surface area contributed by atoms with Gasteiger partial charge in [0.05, 0.1) is 12.2 Å². The molecule has 240 valence electrons. The van der Waals surface area contributed by atoms with Crippen molar-refractivity contribution in [3.05, 3.63) is 154 Å². The smallest absolute Gasteiger partial charge is 0.130 e. The Kier molecular flexibility index (Phi) is 13.4. The molecule has 0 bridgehead atoms. The minimum Gasteiger partial charge on any atom is -0.387 e. The normalized spacial score (nSPS) is 12.4. The van der Waals surface area contributed by atoms with Crippen LogP contribution >= 0.6 is 15.9 Å². The summed E-state index contributed by atoms with van der Waals surface area (Å²) in [6, 6.07) is 33.9. The molecular weight excluding hydrogens is 638 g/mol. The van der Waals surface area contributed by atoms with Crippen molar-refractivity contribution in [2.75, 3.05) is 32.5 Å². The molecule has 3 N–H and O–H groups in total. The number of pyridine rings is 2. The van der Waals surface area contributed by atoms with Crippen molar-refractivity contribution in [2.24, 2.45) is 0 Å². The monoisotopic (exact) mass is 681 g/mol. The maximum absolute atomic E-state index is 10.4. The van der Waals surface area contributed by atoms with Crippen molar-refractivity contribution in [2.45, 2.75) is 39.1 Å². The highest BCUT2D eigenvalue weighted by Gasteiger charge is 2.12. The van der Waals surface area contributed by atoms with Crippen molar-refractivity contribution >= 4 is 27.4 Å². The molecule has 46 heavy (non-hydrogen) atoms. The van der Waals surface area contributed by atoms with Gasteiger partial charge in [-0.2, -0.15) is 0 Å². The average molecular weight is 683 g/mol.